The molecule has 0 unspecified atom stereocenters. The monoisotopic (exact) mass is 314 g/mol. The van der Waals surface area contributed by atoms with E-state index >= 15 is 0 Å². The van der Waals surface area contributed by atoms with E-state index < -0.39 is 5.82 Å². The van der Waals surface area contributed by atoms with Crippen molar-refractivity contribution in [3.8, 4) is 0 Å². The molecular formula is C19H23FN2O. The molecule has 2 fully saturated rings. The molecule has 0 spiro atoms. The fourth-order valence-corrected chi connectivity index (χ4v) is 4.37. The molecule has 3 nitrogen and oxygen atoms in total. The largest absolute Gasteiger partial charge is 0.336 e. The van der Waals surface area contributed by atoms with Crippen molar-refractivity contribution in [2.45, 2.75) is 12.8 Å². The summed E-state index contributed by atoms with van der Waals surface area (Å²) in [4.78, 5) is 16.7. The third-order valence-corrected chi connectivity index (χ3v) is 5.67. The van der Waals surface area contributed by atoms with Gasteiger partial charge in [-0.25, -0.2) is 4.39 Å². The van der Waals surface area contributed by atoms with Gasteiger partial charge in [-0.3, -0.25) is 9.69 Å². The van der Waals surface area contributed by atoms with Crippen LogP contribution in [0.4, 0.5) is 4.39 Å². The Kier molecular flexibility index (Phi) is 3.93. The van der Waals surface area contributed by atoms with Crippen LogP contribution < -0.4 is 0 Å². The summed E-state index contributed by atoms with van der Waals surface area (Å²) in [5.74, 6) is 1.78. The number of halogens is 1. The highest BCUT2D eigenvalue weighted by Gasteiger charge is 2.36. The van der Waals surface area contributed by atoms with Gasteiger partial charge in [-0.05, 0) is 42.7 Å². The number of rotatable bonds is 3. The van der Waals surface area contributed by atoms with Crippen molar-refractivity contribution in [1.82, 2.24) is 9.80 Å². The van der Waals surface area contributed by atoms with Crippen molar-refractivity contribution >= 4 is 5.91 Å². The Balaban J connectivity index is 1.32. The van der Waals surface area contributed by atoms with Gasteiger partial charge >= 0.3 is 0 Å². The molecule has 1 aromatic carbocycles. The van der Waals surface area contributed by atoms with Gasteiger partial charge in [-0.1, -0.05) is 24.3 Å². The summed E-state index contributed by atoms with van der Waals surface area (Å²) < 4.78 is 13.8. The van der Waals surface area contributed by atoms with Crippen LogP contribution in [0.25, 0.3) is 0 Å². The summed E-state index contributed by atoms with van der Waals surface area (Å²) in [5, 5.41) is 0. The minimum atomic E-state index is -0.423. The van der Waals surface area contributed by atoms with Crippen LogP contribution in [0.15, 0.2) is 36.4 Å². The van der Waals surface area contributed by atoms with Gasteiger partial charge in [0.1, 0.15) is 5.82 Å². The topological polar surface area (TPSA) is 23.6 Å². The summed E-state index contributed by atoms with van der Waals surface area (Å²) in [6, 6.07) is 6.26. The second-order valence-electron chi connectivity index (χ2n) is 7.11. The van der Waals surface area contributed by atoms with Crippen LogP contribution in [0.3, 0.4) is 0 Å². The van der Waals surface area contributed by atoms with Crippen molar-refractivity contribution in [3.63, 3.8) is 0 Å². The highest BCUT2D eigenvalue weighted by atomic mass is 19.1. The van der Waals surface area contributed by atoms with Crippen LogP contribution in [0.2, 0.25) is 0 Å². The number of fused-ring (bicyclic) bond motifs is 2. The number of benzene rings is 1. The molecule has 0 N–H and O–H groups in total. The number of nitrogens with zero attached hydrogens (tertiary/aromatic N) is 2. The number of carbonyl (C=O) groups is 1. The van der Waals surface area contributed by atoms with E-state index in [1.54, 1.807) is 23.1 Å². The maximum absolute atomic E-state index is 13.8. The van der Waals surface area contributed by atoms with Gasteiger partial charge in [-0.2, -0.15) is 0 Å². The van der Waals surface area contributed by atoms with Crippen LogP contribution in [0.5, 0.6) is 0 Å². The lowest BCUT2D eigenvalue weighted by molar-refractivity contribution is 0.0606. The molecule has 23 heavy (non-hydrogen) atoms. The highest BCUT2D eigenvalue weighted by Crippen LogP contribution is 2.43. The summed E-state index contributed by atoms with van der Waals surface area (Å²) in [6.07, 6.45) is 7.45. The molecule has 3 atom stereocenters. The number of hydrogen-bond donors (Lipinski definition) is 0. The van der Waals surface area contributed by atoms with Crippen LogP contribution in [-0.2, 0) is 0 Å². The van der Waals surface area contributed by atoms with Gasteiger partial charge in [0.05, 0.1) is 5.56 Å². The minimum absolute atomic E-state index is 0.175. The fraction of sp³-hybridized carbons (Fsp3) is 0.526. The van der Waals surface area contributed by atoms with Gasteiger partial charge in [0, 0.05) is 32.7 Å². The summed E-state index contributed by atoms with van der Waals surface area (Å²) in [6.45, 7) is 4.34. The van der Waals surface area contributed by atoms with E-state index in [2.05, 4.69) is 17.1 Å². The Hall–Kier alpha value is -1.68. The first-order chi connectivity index (χ1) is 11.2. The predicted molar refractivity (Wildman–Crippen MR) is 87.6 cm³/mol. The lowest BCUT2D eigenvalue weighted by Gasteiger charge is -2.37. The number of allylic oxidation sites excluding steroid dienone is 2. The Bertz CT molecular complexity index is 622. The normalized spacial score (nSPS) is 30.1. The number of piperazine rings is 1. The van der Waals surface area contributed by atoms with Crippen LogP contribution in [0.1, 0.15) is 23.2 Å². The maximum atomic E-state index is 13.8. The molecule has 122 valence electrons. The van der Waals surface area contributed by atoms with Gasteiger partial charge in [0.2, 0.25) is 0 Å². The molecule has 4 rings (SSSR count). The van der Waals surface area contributed by atoms with Crippen LogP contribution in [-0.4, -0.2) is 48.4 Å². The van der Waals surface area contributed by atoms with Crippen LogP contribution in [0, 0.1) is 23.6 Å². The van der Waals surface area contributed by atoms with Crippen molar-refractivity contribution in [2.75, 3.05) is 32.7 Å². The van der Waals surface area contributed by atoms with Gasteiger partial charge in [-0.15, -0.1) is 0 Å². The zero-order valence-corrected chi connectivity index (χ0v) is 13.3. The molecule has 1 saturated carbocycles. The first kappa shape index (κ1) is 14.9. The Morgan fingerprint density at radius 2 is 1.87 bits per heavy atom. The van der Waals surface area contributed by atoms with E-state index in [-0.39, 0.29) is 11.5 Å². The Morgan fingerprint density at radius 1 is 1.09 bits per heavy atom. The predicted octanol–water partition coefficient (Wildman–Crippen LogP) is 2.80. The average molecular weight is 314 g/mol. The van der Waals surface area contributed by atoms with Crippen LogP contribution >= 0.6 is 0 Å². The van der Waals surface area contributed by atoms with Crippen molar-refractivity contribution in [2.24, 2.45) is 17.8 Å². The van der Waals surface area contributed by atoms with Crippen molar-refractivity contribution < 1.29 is 9.18 Å². The molecule has 1 aromatic rings. The molecule has 2 aliphatic carbocycles. The molecule has 1 amide bonds. The molecule has 1 aliphatic heterocycles. The molecule has 0 radical (unpaired) electrons. The van der Waals surface area contributed by atoms with Gasteiger partial charge in [0.25, 0.3) is 5.91 Å². The lowest BCUT2D eigenvalue weighted by Crippen LogP contribution is -2.50. The second-order valence-corrected chi connectivity index (χ2v) is 7.11. The highest BCUT2D eigenvalue weighted by molar-refractivity contribution is 5.94. The summed E-state index contributed by atoms with van der Waals surface area (Å²) >= 11 is 0. The van der Waals surface area contributed by atoms with E-state index in [0.717, 1.165) is 37.4 Å². The molecule has 1 saturated heterocycles. The quantitative estimate of drug-likeness (QED) is 0.801. The fourth-order valence-electron chi connectivity index (χ4n) is 4.37. The summed E-state index contributed by atoms with van der Waals surface area (Å²) in [7, 11) is 0. The Morgan fingerprint density at radius 3 is 2.52 bits per heavy atom. The second kappa shape index (κ2) is 6.08. The molecule has 3 aliphatic rings. The first-order valence-corrected chi connectivity index (χ1v) is 8.65. The first-order valence-electron chi connectivity index (χ1n) is 8.65. The van der Waals surface area contributed by atoms with E-state index in [1.807, 2.05) is 0 Å². The van der Waals surface area contributed by atoms with E-state index in [4.69, 9.17) is 0 Å². The van der Waals surface area contributed by atoms with Gasteiger partial charge in [0.15, 0.2) is 0 Å². The SMILES string of the molecule is O=C(c1ccccc1F)N1CCN(C[C@@H]2C[C@@H]3C=C[C@@H]2C3)CC1. The zero-order valence-electron chi connectivity index (χ0n) is 13.3. The lowest BCUT2D eigenvalue weighted by atomic mass is 9.93. The standard InChI is InChI=1S/C19H23FN2O/c20-18-4-2-1-3-17(18)19(23)22-9-7-21(8-10-22)13-16-12-14-5-6-15(16)11-14/h1-6,14-16H,7-13H2/t14-,15-,16+/m1/s1. The van der Waals surface area contributed by atoms with Gasteiger partial charge < -0.3 is 4.90 Å². The molecule has 2 bridgehead atoms. The molecule has 0 aromatic heterocycles. The van der Waals surface area contributed by atoms with Crippen molar-refractivity contribution in [1.29, 1.82) is 0 Å². The zero-order chi connectivity index (χ0) is 15.8. The molecule has 4 heteroatoms. The van der Waals surface area contributed by atoms with E-state index in [1.165, 1.54) is 18.9 Å². The number of amides is 1. The average Bonchev–Trinajstić information content (AvgIpc) is 3.18. The third kappa shape index (κ3) is 2.92. The van der Waals surface area contributed by atoms with E-state index in [0.29, 0.717) is 13.1 Å². The molecule has 1 heterocycles. The maximum Gasteiger partial charge on any atom is 0.256 e. The third-order valence-electron chi connectivity index (χ3n) is 5.67. The van der Waals surface area contributed by atoms with Crippen molar-refractivity contribution in [3.05, 3.63) is 47.8 Å². The minimum Gasteiger partial charge on any atom is -0.336 e. The summed E-state index contributed by atoms with van der Waals surface area (Å²) in [5.41, 5.74) is 0.194. The molecular weight excluding hydrogens is 291 g/mol. The smallest absolute Gasteiger partial charge is 0.256 e. The Labute approximate surface area is 136 Å². The number of hydrogen-bond acceptors (Lipinski definition) is 2. The van der Waals surface area contributed by atoms with E-state index in [9.17, 15) is 9.18 Å². The number of carbonyl (C=O) groups excluding carboxylic acids is 1.